The Morgan fingerprint density at radius 2 is 1.95 bits per heavy atom. The molecule has 3 nitrogen and oxygen atoms in total. The first kappa shape index (κ1) is 13.6. The number of aryl methyl sites for hydroxylation is 1. The highest BCUT2D eigenvalue weighted by Crippen LogP contribution is 2.26. The number of hydrogen-bond acceptors (Lipinski definition) is 2. The van der Waals surface area contributed by atoms with E-state index in [0.717, 1.165) is 21.3 Å². The van der Waals surface area contributed by atoms with Crippen LogP contribution in [0.3, 0.4) is 0 Å². The average Bonchev–Trinajstić information content (AvgIpc) is 2.37. The van der Waals surface area contributed by atoms with Gasteiger partial charge in [0, 0.05) is 10.2 Å². The third-order valence-corrected chi connectivity index (χ3v) is 3.53. The Morgan fingerprint density at radius 1 is 1.21 bits per heavy atom. The van der Waals surface area contributed by atoms with Gasteiger partial charge in [0.05, 0.1) is 0 Å². The van der Waals surface area contributed by atoms with Crippen molar-refractivity contribution in [1.29, 1.82) is 0 Å². The van der Waals surface area contributed by atoms with Crippen LogP contribution >= 0.6 is 15.9 Å². The Morgan fingerprint density at radius 3 is 2.58 bits per heavy atom. The molecule has 0 heterocycles. The Labute approximate surface area is 121 Å². The number of nitrogens with two attached hydrogens (primary N) is 1. The van der Waals surface area contributed by atoms with Crippen molar-refractivity contribution in [2.75, 3.05) is 5.32 Å². The maximum Gasteiger partial charge on any atom is 0.244 e. The molecule has 0 aliphatic carbocycles. The molecule has 3 N–H and O–H groups in total. The summed E-state index contributed by atoms with van der Waals surface area (Å²) in [5.74, 6) is -0.402. The van der Waals surface area contributed by atoms with E-state index in [2.05, 4.69) is 21.2 Å². The molecule has 0 aromatic heterocycles. The summed E-state index contributed by atoms with van der Waals surface area (Å²) in [7, 11) is 0. The molecule has 0 aliphatic heterocycles. The molecule has 1 unspecified atom stereocenters. The zero-order valence-corrected chi connectivity index (χ0v) is 12.1. The highest BCUT2D eigenvalue weighted by Gasteiger charge is 2.18. The van der Waals surface area contributed by atoms with E-state index in [-0.39, 0.29) is 0 Å². The van der Waals surface area contributed by atoms with E-state index in [4.69, 9.17) is 5.73 Å². The van der Waals surface area contributed by atoms with Gasteiger partial charge in [0.25, 0.3) is 0 Å². The largest absolute Gasteiger partial charge is 0.369 e. The summed E-state index contributed by atoms with van der Waals surface area (Å²) in [4.78, 5) is 11.7. The van der Waals surface area contributed by atoms with Gasteiger partial charge in [-0.15, -0.1) is 0 Å². The number of nitrogens with one attached hydrogen (secondary N) is 1. The molecule has 0 saturated carbocycles. The maximum atomic E-state index is 11.7. The van der Waals surface area contributed by atoms with Crippen molar-refractivity contribution in [1.82, 2.24) is 0 Å². The standard InChI is InChI=1S/C15H15BrN2O/c1-10-5-4-6-11(9-10)14(15(17)19)18-13-8-3-2-7-12(13)16/h2-9,14,18H,1H3,(H2,17,19). The van der Waals surface area contributed by atoms with E-state index in [1.807, 2.05) is 55.5 Å². The molecule has 2 rings (SSSR count). The third-order valence-electron chi connectivity index (χ3n) is 2.83. The first-order valence-electron chi connectivity index (χ1n) is 5.95. The SMILES string of the molecule is Cc1cccc(C(Nc2ccccc2Br)C(N)=O)c1. The minimum absolute atomic E-state index is 0.402. The number of para-hydroxylation sites is 1. The van der Waals surface area contributed by atoms with Gasteiger partial charge in [-0.1, -0.05) is 42.0 Å². The Hall–Kier alpha value is -1.81. The Bertz CT molecular complexity index is 598. The second-order valence-electron chi connectivity index (χ2n) is 4.37. The second kappa shape index (κ2) is 5.89. The predicted molar refractivity (Wildman–Crippen MR) is 80.9 cm³/mol. The van der Waals surface area contributed by atoms with Gasteiger partial charge in [-0.25, -0.2) is 0 Å². The van der Waals surface area contributed by atoms with Crippen molar-refractivity contribution in [3.05, 3.63) is 64.1 Å². The number of amides is 1. The zero-order valence-electron chi connectivity index (χ0n) is 10.6. The summed E-state index contributed by atoms with van der Waals surface area (Å²) in [6.07, 6.45) is 0. The third kappa shape index (κ3) is 3.35. The number of carbonyl (C=O) groups excluding carboxylic acids is 1. The van der Waals surface area contributed by atoms with Crippen LogP contribution < -0.4 is 11.1 Å². The van der Waals surface area contributed by atoms with Crippen molar-refractivity contribution >= 4 is 27.5 Å². The molecular formula is C15H15BrN2O. The fourth-order valence-electron chi connectivity index (χ4n) is 1.90. The lowest BCUT2D eigenvalue weighted by molar-refractivity contribution is -0.118. The van der Waals surface area contributed by atoms with E-state index >= 15 is 0 Å². The molecular weight excluding hydrogens is 304 g/mol. The van der Waals surface area contributed by atoms with Crippen LogP contribution in [0.1, 0.15) is 17.2 Å². The molecule has 0 saturated heterocycles. The van der Waals surface area contributed by atoms with Crippen molar-refractivity contribution < 1.29 is 4.79 Å². The average molecular weight is 319 g/mol. The summed E-state index contributed by atoms with van der Waals surface area (Å²) in [6, 6.07) is 14.8. The maximum absolute atomic E-state index is 11.7. The lowest BCUT2D eigenvalue weighted by Crippen LogP contribution is -2.27. The molecule has 19 heavy (non-hydrogen) atoms. The van der Waals surface area contributed by atoms with Crippen LogP contribution in [0, 0.1) is 6.92 Å². The number of carbonyl (C=O) groups is 1. The molecule has 1 amide bonds. The number of anilines is 1. The minimum Gasteiger partial charge on any atom is -0.369 e. The van der Waals surface area contributed by atoms with Crippen molar-refractivity contribution in [2.24, 2.45) is 5.73 Å². The molecule has 2 aromatic rings. The van der Waals surface area contributed by atoms with E-state index < -0.39 is 11.9 Å². The summed E-state index contributed by atoms with van der Waals surface area (Å²) in [5, 5.41) is 3.17. The number of benzene rings is 2. The molecule has 0 bridgehead atoms. The van der Waals surface area contributed by atoms with Crippen molar-refractivity contribution in [2.45, 2.75) is 13.0 Å². The Balaban J connectivity index is 2.32. The fourth-order valence-corrected chi connectivity index (χ4v) is 2.30. The van der Waals surface area contributed by atoms with Gasteiger partial charge < -0.3 is 11.1 Å². The predicted octanol–water partition coefficient (Wildman–Crippen LogP) is 3.40. The van der Waals surface area contributed by atoms with Crippen molar-refractivity contribution in [3.8, 4) is 0 Å². The molecule has 2 aromatic carbocycles. The molecule has 0 aliphatic rings. The van der Waals surface area contributed by atoms with E-state index in [9.17, 15) is 4.79 Å². The monoisotopic (exact) mass is 318 g/mol. The Kier molecular flexibility index (Phi) is 4.22. The van der Waals surface area contributed by atoms with E-state index in [0.29, 0.717) is 0 Å². The molecule has 4 heteroatoms. The second-order valence-corrected chi connectivity index (χ2v) is 5.23. The summed E-state index contributed by atoms with van der Waals surface area (Å²) in [5.41, 5.74) is 8.30. The normalized spacial score (nSPS) is 11.9. The van der Waals surface area contributed by atoms with Gasteiger partial charge in [-0.2, -0.15) is 0 Å². The topological polar surface area (TPSA) is 55.1 Å². The summed E-state index contributed by atoms with van der Waals surface area (Å²) in [6.45, 7) is 1.99. The quantitative estimate of drug-likeness (QED) is 0.907. The van der Waals surface area contributed by atoms with Gasteiger partial charge in [-0.3, -0.25) is 4.79 Å². The van der Waals surface area contributed by atoms with Crippen LogP contribution in [0.2, 0.25) is 0 Å². The molecule has 0 radical (unpaired) electrons. The van der Waals surface area contributed by atoms with Gasteiger partial charge in [0.1, 0.15) is 6.04 Å². The first-order chi connectivity index (χ1) is 9.08. The molecule has 98 valence electrons. The highest BCUT2D eigenvalue weighted by atomic mass is 79.9. The smallest absolute Gasteiger partial charge is 0.244 e. The van der Waals surface area contributed by atoms with Crippen LogP contribution in [0.4, 0.5) is 5.69 Å². The van der Waals surface area contributed by atoms with Gasteiger partial charge in [-0.05, 0) is 40.5 Å². The van der Waals surface area contributed by atoms with E-state index in [1.165, 1.54) is 0 Å². The minimum atomic E-state index is -0.543. The van der Waals surface area contributed by atoms with E-state index in [1.54, 1.807) is 0 Å². The van der Waals surface area contributed by atoms with Crippen LogP contribution in [0.15, 0.2) is 53.0 Å². The lowest BCUT2D eigenvalue weighted by Gasteiger charge is -2.18. The summed E-state index contributed by atoms with van der Waals surface area (Å²) >= 11 is 3.45. The van der Waals surface area contributed by atoms with Crippen LogP contribution in [-0.2, 0) is 4.79 Å². The van der Waals surface area contributed by atoms with Gasteiger partial charge >= 0.3 is 0 Å². The van der Waals surface area contributed by atoms with Gasteiger partial charge in [0.2, 0.25) is 5.91 Å². The lowest BCUT2D eigenvalue weighted by atomic mass is 10.0. The van der Waals surface area contributed by atoms with Crippen LogP contribution in [0.5, 0.6) is 0 Å². The van der Waals surface area contributed by atoms with Crippen molar-refractivity contribution in [3.63, 3.8) is 0 Å². The fraction of sp³-hybridized carbons (Fsp3) is 0.133. The molecule has 1 atom stereocenters. The summed E-state index contributed by atoms with van der Waals surface area (Å²) < 4.78 is 0.897. The highest BCUT2D eigenvalue weighted by molar-refractivity contribution is 9.10. The first-order valence-corrected chi connectivity index (χ1v) is 6.74. The number of rotatable bonds is 4. The van der Waals surface area contributed by atoms with Crippen LogP contribution in [-0.4, -0.2) is 5.91 Å². The zero-order chi connectivity index (χ0) is 13.8. The number of hydrogen-bond donors (Lipinski definition) is 2. The van der Waals surface area contributed by atoms with Crippen LogP contribution in [0.25, 0.3) is 0 Å². The van der Waals surface area contributed by atoms with Gasteiger partial charge in [0.15, 0.2) is 0 Å². The molecule has 0 spiro atoms. The number of primary amides is 1. The number of halogens is 1. The molecule has 0 fully saturated rings.